The van der Waals surface area contributed by atoms with Gasteiger partial charge in [0.15, 0.2) is 11.6 Å². The van der Waals surface area contributed by atoms with Gasteiger partial charge in [-0.2, -0.15) is 0 Å². The van der Waals surface area contributed by atoms with Gasteiger partial charge >= 0.3 is 0 Å². The number of hydrogen-bond acceptors (Lipinski definition) is 5. The van der Waals surface area contributed by atoms with Crippen LogP contribution in [-0.2, 0) is 9.59 Å². The fraction of sp³-hybridized carbons (Fsp3) is 0.250. The van der Waals surface area contributed by atoms with Crippen LogP contribution in [0.4, 0.5) is 0 Å². The van der Waals surface area contributed by atoms with Crippen LogP contribution in [0.15, 0.2) is 40.2 Å². The minimum absolute atomic E-state index is 0.170. The van der Waals surface area contributed by atoms with E-state index in [1.165, 1.54) is 13.0 Å². The average Bonchev–Trinajstić information content (AvgIpc) is 2.99. The van der Waals surface area contributed by atoms with Gasteiger partial charge in [-0.05, 0) is 30.7 Å². The summed E-state index contributed by atoms with van der Waals surface area (Å²) in [4.78, 5) is 24.0. The number of thioether (sulfide) groups is 2. The Kier molecular flexibility index (Phi) is 5.70. The summed E-state index contributed by atoms with van der Waals surface area (Å²) in [5, 5.41) is 0. The Hall–Kier alpha value is -1.46. The number of methoxy groups -OCH3 is 1. The summed E-state index contributed by atoms with van der Waals surface area (Å²) in [7, 11) is 1.61. The number of allylic oxidation sites excluding steroid dienone is 2. The van der Waals surface area contributed by atoms with Gasteiger partial charge in [0.2, 0.25) is 0 Å². The summed E-state index contributed by atoms with van der Waals surface area (Å²) in [5.74, 6) is 2.27. The van der Waals surface area contributed by atoms with Crippen molar-refractivity contribution in [1.82, 2.24) is 0 Å². The number of carbonyl (C=O) groups is 2. The van der Waals surface area contributed by atoms with Crippen molar-refractivity contribution >= 4 is 41.2 Å². The first kappa shape index (κ1) is 15.9. The van der Waals surface area contributed by atoms with Gasteiger partial charge in [0.25, 0.3) is 0 Å². The molecule has 1 aromatic carbocycles. The quantitative estimate of drug-likeness (QED) is 0.471. The lowest BCUT2D eigenvalue weighted by Crippen LogP contribution is -2.08. The van der Waals surface area contributed by atoms with Crippen molar-refractivity contribution in [2.45, 2.75) is 6.92 Å². The van der Waals surface area contributed by atoms with Crippen LogP contribution in [0, 0.1) is 0 Å². The number of hydrogen-bond donors (Lipinski definition) is 0. The standard InChI is InChI=1S/C16H16O3S2/c1-11(17)15(16-20-9-10-21-16)14(18)8-5-12-3-6-13(19-2)7-4-12/h3-8H,9-10H2,1-2H3/b8-5+. The Morgan fingerprint density at radius 1 is 1.14 bits per heavy atom. The second kappa shape index (κ2) is 7.52. The Morgan fingerprint density at radius 2 is 1.76 bits per heavy atom. The van der Waals surface area contributed by atoms with Crippen LogP contribution in [-0.4, -0.2) is 30.2 Å². The molecule has 0 bridgehead atoms. The zero-order valence-electron chi connectivity index (χ0n) is 11.9. The van der Waals surface area contributed by atoms with Gasteiger partial charge in [0.1, 0.15) is 5.75 Å². The van der Waals surface area contributed by atoms with E-state index in [4.69, 9.17) is 4.74 Å². The summed E-state index contributed by atoms with van der Waals surface area (Å²) in [6.45, 7) is 1.45. The van der Waals surface area contributed by atoms with Crippen molar-refractivity contribution in [2.24, 2.45) is 0 Å². The maximum Gasteiger partial charge on any atom is 0.191 e. The third kappa shape index (κ3) is 4.25. The molecule has 2 rings (SSSR count). The second-order valence-electron chi connectivity index (χ2n) is 4.39. The third-order valence-electron chi connectivity index (χ3n) is 2.90. The van der Waals surface area contributed by atoms with Crippen molar-refractivity contribution in [3.63, 3.8) is 0 Å². The Morgan fingerprint density at radius 3 is 2.29 bits per heavy atom. The number of rotatable bonds is 5. The van der Waals surface area contributed by atoms with Crippen molar-refractivity contribution in [1.29, 1.82) is 0 Å². The molecule has 0 amide bonds. The molecule has 110 valence electrons. The van der Waals surface area contributed by atoms with E-state index in [2.05, 4.69) is 0 Å². The lowest BCUT2D eigenvalue weighted by molar-refractivity contribution is -0.118. The molecule has 1 aliphatic rings. The SMILES string of the molecule is COc1ccc(/C=C/C(=O)C(C(C)=O)=C2SCCS2)cc1. The molecule has 0 N–H and O–H groups in total. The normalized spacial score (nSPS) is 14.5. The molecule has 1 aromatic rings. The maximum atomic E-state index is 12.3. The molecule has 5 heteroatoms. The van der Waals surface area contributed by atoms with E-state index in [0.29, 0.717) is 5.57 Å². The second-order valence-corrected chi connectivity index (χ2v) is 6.86. The van der Waals surface area contributed by atoms with Gasteiger partial charge in [-0.15, -0.1) is 23.5 Å². The minimum Gasteiger partial charge on any atom is -0.497 e. The number of ether oxygens (including phenoxy) is 1. The first-order valence-corrected chi connectivity index (χ1v) is 8.46. The van der Waals surface area contributed by atoms with Gasteiger partial charge in [-0.1, -0.05) is 18.2 Å². The predicted octanol–water partition coefficient (Wildman–Crippen LogP) is 3.56. The van der Waals surface area contributed by atoms with E-state index in [-0.39, 0.29) is 11.6 Å². The predicted molar refractivity (Wildman–Crippen MR) is 89.7 cm³/mol. The zero-order valence-corrected chi connectivity index (χ0v) is 13.6. The number of carbonyl (C=O) groups excluding carboxylic acids is 2. The summed E-state index contributed by atoms with van der Waals surface area (Å²) in [6.07, 6.45) is 3.18. The van der Waals surface area contributed by atoms with E-state index in [1.807, 2.05) is 24.3 Å². The van der Waals surface area contributed by atoms with Crippen LogP contribution in [0.3, 0.4) is 0 Å². The molecule has 3 nitrogen and oxygen atoms in total. The molecule has 1 saturated heterocycles. The molecule has 1 aliphatic heterocycles. The monoisotopic (exact) mass is 320 g/mol. The zero-order chi connectivity index (χ0) is 15.2. The topological polar surface area (TPSA) is 43.4 Å². The molecular formula is C16H16O3S2. The highest BCUT2D eigenvalue weighted by atomic mass is 32.2. The molecule has 0 aliphatic carbocycles. The van der Waals surface area contributed by atoms with Crippen LogP contribution < -0.4 is 4.74 Å². The molecule has 0 saturated carbocycles. The van der Waals surface area contributed by atoms with Crippen LogP contribution >= 0.6 is 23.5 Å². The van der Waals surface area contributed by atoms with Crippen LogP contribution in [0.5, 0.6) is 5.75 Å². The highest BCUT2D eigenvalue weighted by Gasteiger charge is 2.21. The van der Waals surface area contributed by atoms with Crippen molar-refractivity contribution in [3.8, 4) is 5.75 Å². The third-order valence-corrected chi connectivity index (χ3v) is 5.61. The first-order valence-electron chi connectivity index (χ1n) is 6.49. The van der Waals surface area contributed by atoms with E-state index < -0.39 is 0 Å². The maximum absolute atomic E-state index is 12.3. The first-order chi connectivity index (χ1) is 10.1. The van der Waals surface area contributed by atoms with E-state index >= 15 is 0 Å². The molecule has 21 heavy (non-hydrogen) atoms. The molecule has 0 unspecified atom stereocenters. The Bertz CT molecular complexity index is 592. The summed E-state index contributed by atoms with van der Waals surface area (Å²) in [5.41, 5.74) is 1.20. The smallest absolute Gasteiger partial charge is 0.191 e. The fourth-order valence-corrected chi connectivity index (χ4v) is 4.49. The lowest BCUT2D eigenvalue weighted by Gasteiger charge is -2.03. The van der Waals surface area contributed by atoms with Crippen molar-refractivity contribution < 1.29 is 14.3 Å². The van der Waals surface area contributed by atoms with Gasteiger partial charge in [-0.25, -0.2) is 0 Å². The fourth-order valence-electron chi connectivity index (χ4n) is 1.84. The van der Waals surface area contributed by atoms with Crippen LogP contribution in [0.2, 0.25) is 0 Å². The number of Topliss-reactive ketones (excluding diaryl/α,β-unsaturated/α-hetero) is 1. The number of ketones is 2. The van der Waals surface area contributed by atoms with E-state index in [1.54, 1.807) is 36.7 Å². The Labute approximate surface area is 132 Å². The molecule has 1 fully saturated rings. The molecule has 0 atom stereocenters. The van der Waals surface area contributed by atoms with Gasteiger partial charge in [-0.3, -0.25) is 9.59 Å². The van der Waals surface area contributed by atoms with Crippen LogP contribution in [0.1, 0.15) is 12.5 Å². The van der Waals surface area contributed by atoms with E-state index in [0.717, 1.165) is 27.1 Å². The summed E-state index contributed by atoms with van der Waals surface area (Å²) < 4.78 is 5.94. The largest absolute Gasteiger partial charge is 0.497 e. The average molecular weight is 320 g/mol. The molecule has 0 aromatic heterocycles. The highest BCUT2D eigenvalue weighted by Crippen LogP contribution is 2.39. The lowest BCUT2D eigenvalue weighted by atomic mass is 10.1. The van der Waals surface area contributed by atoms with E-state index in [9.17, 15) is 9.59 Å². The summed E-state index contributed by atoms with van der Waals surface area (Å²) >= 11 is 3.17. The minimum atomic E-state index is -0.227. The van der Waals surface area contributed by atoms with Crippen LogP contribution in [0.25, 0.3) is 6.08 Å². The van der Waals surface area contributed by atoms with Gasteiger partial charge < -0.3 is 4.74 Å². The molecule has 1 heterocycles. The van der Waals surface area contributed by atoms with Crippen molar-refractivity contribution in [2.75, 3.05) is 18.6 Å². The van der Waals surface area contributed by atoms with Gasteiger partial charge in [0.05, 0.1) is 16.9 Å². The van der Waals surface area contributed by atoms with Gasteiger partial charge in [0, 0.05) is 11.5 Å². The highest BCUT2D eigenvalue weighted by molar-refractivity contribution is 8.25. The van der Waals surface area contributed by atoms with Crippen molar-refractivity contribution in [3.05, 3.63) is 45.7 Å². The number of benzene rings is 1. The molecule has 0 spiro atoms. The summed E-state index contributed by atoms with van der Waals surface area (Å²) in [6, 6.07) is 7.39. The molecule has 0 radical (unpaired) electrons. The molecular weight excluding hydrogens is 304 g/mol. The Balaban J connectivity index is 2.16.